The van der Waals surface area contributed by atoms with Crippen molar-refractivity contribution in [2.75, 3.05) is 13.1 Å². The Morgan fingerprint density at radius 3 is 2.90 bits per heavy atom. The zero-order valence-corrected chi connectivity index (χ0v) is 12.4. The Labute approximate surface area is 122 Å². The molecule has 3 heteroatoms. The largest absolute Gasteiger partial charge is 0.353 e. The Morgan fingerprint density at radius 2 is 2.20 bits per heavy atom. The fourth-order valence-corrected chi connectivity index (χ4v) is 2.85. The van der Waals surface area contributed by atoms with Crippen LogP contribution >= 0.6 is 0 Å². The number of hydrogen-bond acceptors (Lipinski definition) is 2. The van der Waals surface area contributed by atoms with Crippen LogP contribution in [0.15, 0.2) is 30.3 Å². The lowest BCUT2D eigenvalue weighted by molar-refractivity contribution is -0.122. The van der Waals surface area contributed by atoms with Crippen molar-refractivity contribution in [2.45, 2.75) is 45.1 Å². The van der Waals surface area contributed by atoms with Crippen molar-refractivity contribution in [2.24, 2.45) is 5.92 Å². The van der Waals surface area contributed by atoms with Gasteiger partial charge in [0.05, 0.1) is 0 Å². The minimum atomic E-state index is 0.194. The van der Waals surface area contributed by atoms with Crippen molar-refractivity contribution in [3.63, 3.8) is 0 Å². The van der Waals surface area contributed by atoms with Crippen molar-refractivity contribution in [1.82, 2.24) is 10.6 Å². The SMILES string of the molecule is CC(NC(=O)CCCc1ccccc1)C1CCCNC1. The lowest BCUT2D eigenvalue weighted by atomic mass is 9.92. The van der Waals surface area contributed by atoms with E-state index in [2.05, 4.69) is 29.7 Å². The van der Waals surface area contributed by atoms with Gasteiger partial charge < -0.3 is 10.6 Å². The van der Waals surface area contributed by atoms with E-state index in [1.54, 1.807) is 0 Å². The van der Waals surface area contributed by atoms with E-state index in [9.17, 15) is 4.79 Å². The summed E-state index contributed by atoms with van der Waals surface area (Å²) in [6.45, 7) is 4.28. The molecule has 1 heterocycles. The van der Waals surface area contributed by atoms with E-state index in [0.717, 1.165) is 25.9 Å². The van der Waals surface area contributed by atoms with Crippen LogP contribution in [0.5, 0.6) is 0 Å². The molecule has 20 heavy (non-hydrogen) atoms. The van der Waals surface area contributed by atoms with E-state index in [1.807, 2.05) is 18.2 Å². The number of piperidine rings is 1. The van der Waals surface area contributed by atoms with E-state index < -0.39 is 0 Å². The average molecular weight is 274 g/mol. The van der Waals surface area contributed by atoms with Gasteiger partial charge in [0.1, 0.15) is 0 Å². The van der Waals surface area contributed by atoms with Crippen LogP contribution in [0.4, 0.5) is 0 Å². The normalized spacial score (nSPS) is 20.4. The first kappa shape index (κ1) is 15.0. The summed E-state index contributed by atoms with van der Waals surface area (Å²) in [4.78, 5) is 12.0. The third-order valence-electron chi connectivity index (χ3n) is 4.14. The molecule has 2 unspecified atom stereocenters. The highest BCUT2D eigenvalue weighted by molar-refractivity contribution is 5.76. The van der Waals surface area contributed by atoms with Crippen molar-refractivity contribution >= 4 is 5.91 Å². The zero-order chi connectivity index (χ0) is 14.2. The molecule has 2 rings (SSSR count). The quantitative estimate of drug-likeness (QED) is 0.837. The number of carbonyl (C=O) groups is 1. The summed E-state index contributed by atoms with van der Waals surface area (Å²) in [7, 11) is 0. The topological polar surface area (TPSA) is 41.1 Å². The van der Waals surface area contributed by atoms with Crippen LogP contribution in [-0.4, -0.2) is 25.0 Å². The summed E-state index contributed by atoms with van der Waals surface area (Å²) in [5, 5.41) is 6.56. The maximum atomic E-state index is 12.0. The molecule has 0 aromatic heterocycles. The molecule has 1 aromatic rings. The first-order valence-corrected chi connectivity index (χ1v) is 7.79. The van der Waals surface area contributed by atoms with Gasteiger partial charge in [-0.15, -0.1) is 0 Å². The van der Waals surface area contributed by atoms with Gasteiger partial charge in [-0.1, -0.05) is 30.3 Å². The summed E-state index contributed by atoms with van der Waals surface area (Å²) < 4.78 is 0. The monoisotopic (exact) mass is 274 g/mol. The lowest BCUT2D eigenvalue weighted by Gasteiger charge is -2.28. The highest BCUT2D eigenvalue weighted by Gasteiger charge is 2.20. The molecule has 1 saturated heterocycles. The number of aryl methyl sites for hydroxylation is 1. The van der Waals surface area contributed by atoms with E-state index >= 15 is 0 Å². The van der Waals surface area contributed by atoms with Crippen molar-refractivity contribution in [3.8, 4) is 0 Å². The zero-order valence-electron chi connectivity index (χ0n) is 12.4. The summed E-state index contributed by atoms with van der Waals surface area (Å²) in [5.74, 6) is 0.779. The van der Waals surface area contributed by atoms with Crippen LogP contribution in [0.3, 0.4) is 0 Å². The highest BCUT2D eigenvalue weighted by Crippen LogP contribution is 2.14. The van der Waals surface area contributed by atoms with Crippen LogP contribution < -0.4 is 10.6 Å². The molecular formula is C17H26N2O. The van der Waals surface area contributed by atoms with Crippen LogP contribution in [0, 0.1) is 5.92 Å². The Morgan fingerprint density at radius 1 is 1.40 bits per heavy atom. The minimum Gasteiger partial charge on any atom is -0.353 e. The number of nitrogens with one attached hydrogen (secondary N) is 2. The summed E-state index contributed by atoms with van der Waals surface area (Å²) in [6.07, 6.45) is 4.97. The minimum absolute atomic E-state index is 0.194. The van der Waals surface area contributed by atoms with Gasteiger partial charge in [-0.05, 0) is 57.2 Å². The van der Waals surface area contributed by atoms with Crippen molar-refractivity contribution < 1.29 is 4.79 Å². The second kappa shape index (κ2) is 8.05. The number of carbonyl (C=O) groups excluding carboxylic acids is 1. The molecule has 3 nitrogen and oxygen atoms in total. The molecule has 1 aliphatic rings. The Bertz CT molecular complexity index is 399. The third-order valence-corrected chi connectivity index (χ3v) is 4.14. The van der Waals surface area contributed by atoms with Crippen LogP contribution in [-0.2, 0) is 11.2 Å². The van der Waals surface area contributed by atoms with Gasteiger partial charge in [-0.3, -0.25) is 4.79 Å². The molecule has 110 valence electrons. The van der Waals surface area contributed by atoms with Gasteiger partial charge in [0.2, 0.25) is 5.91 Å². The number of amides is 1. The maximum Gasteiger partial charge on any atom is 0.220 e. The summed E-state index contributed by atoms with van der Waals surface area (Å²) >= 11 is 0. The molecule has 0 radical (unpaired) electrons. The first-order chi connectivity index (χ1) is 9.75. The fraction of sp³-hybridized carbons (Fsp3) is 0.588. The molecular weight excluding hydrogens is 248 g/mol. The van der Waals surface area contributed by atoms with E-state index in [1.165, 1.54) is 18.4 Å². The predicted molar refractivity (Wildman–Crippen MR) is 82.6 cm³/mol. The molecule has 0 bridgehead atoms. The number of benzene rings is 1. The molecule has 1 aliphatic heterocycles. The Kier molecular flexibility index (Phi) is 6.06. The maximum absolute atomic E-state index is 12.0. The average Bonchev–Trinajstić information content (AvgIpc) is 2.49. The van der Waals surface area contributed by atoms with Gasteiger partial charge in [0, 0.05) is 12.5 Å². The van der Waals surface area contributed by atoms with E-state index in [4.69, 9.17) is 0 Å². The van der Waals surface area contributed by atoms with Crippen molar-refractivity contribution in [3.05, 3.63) is 35.9 Å². The second-order valence-corrected chi connectivity index (χ2v) is 5.80. The van der Waals surface area contributed by atoms with Crippen LogP contribution in [0.25, 0.3) is 0 Å². The summed E-state index contributed by atoms with van der Waals surface area (Å²) in [5.41, 5.74) is 1.31. The molecule has 2 N–H and O–H groups in total. The van der Waals surface area contributed by atoms with Gasteiger partial charge in [0.25, 0.3) is 0 Å². The van der Waals surface area contributed by atoms with Crippen molar-refractivity contribution in [1.29, 1.82) is 0 Å². The summed E-state index contributed by atoms with van der Waals surface area (Å²) in [6, 6.07) is 10.6. The molecule has 1 fully saturated rings. The Hall–Kier alpha value is -1.35. The fourth-order valence-electron chi connectivity index (χ4n) is 2.85. The Balaban J connectivity index is 1.64. The molecule has 0 spiro atoms. The van der Waals surface area contributed by atoms with Crippen LogP contribution in [0.1, 0.15) is 38.2 Å². The molecule has 0 aliphatic carbocycles. The third kappa shape index (κ3) is 4.97. The van der Waals surface area contributed by atoms with Crippen LogP contribution in [0.2, 0.25) is 0 Å². The van der Waals surface area contributed by atoms with E-state index in [0.29, 0.717) is 12.3 Å². The number of hydrogen-bond donors (Lipinski definition) is 2. The van der Waals surface area contributed by atoms with Gasteiger partial charge in [-0.2, -0.15) is 0 Å². The highest BCUT2D eigenvalue weighted by atomic mass is 16.1. The predicted octanol–water partition coefficient (Wildman–Crippen LogP) is 2.51. The number of rotatable bonds is 6. The first-order valence-electron chi connectivity index (χ1n) is 7.79. The second-order valence-electron chi connectivity index (χ2n) is 5.80. The molecule has 0 saturated carbocycles. The molecule has 1 aromatic carbocycles. The van der Waals surface area contributed by atoms with Gasteiger partial charge in [-0.25, -0.2) is 0 Å². The van der Waals surface area contributed by atoms with Gasteiger partial charge in [0.15, 0.2) is 0 Å². The van der Waals surface area contributed by atoms with Gasteiger partial charge >= 0.3 is 0 Å². The molecule has 2 atom stereocenters. The lowest BCUT2D eigenvalue weighted by Crippen LogP contribution is -2.44. The smallest absolute Gasteiger partial charge is 0.220 e. The molecule has 1 amide bonds. The standard InChI is InChI=1S/C17H26N2O/c1-14(16-10-6-12-18-13-16)19-17(20)11-5-9-15-7-3-2-4-8-15/h2-4,7-8,14,16,18H,5-6,9-13H2,1H3,(H,19,20). The van der Waals surface area contributed by atoms with E-state index in [-0.39, 0.29) is 11.9 Å².